The van der Waals surface area contributed by atoms with E-state index < -0.39 is 111 Å². The molecule has 150 heavy (non-hydrogen) atoms. The molecule has 0 spiro atoms. The van der Waals surface area contributed by atoms with Crippen LogP contribution in [-0.4, -0.2) is 200 Å². The third-order valence-corrected chi connectivity index (χ3v) is 26.9. The molecule has 5 aliphatic carbocycles. The summed E-state index contributed by atoms with van der Waals surface area (Å²) >= 11 is 1.70. The number of nitrogens with two attached hydrogens (primary N) is 2. The molecule has 37 heteroatoms. The fraction of sp³-hybridized carbons (Fsp3) is 0.389. The Morgan fingerprint density at radius 1 is 0.513 bits per heavy atom. The summed E-state index contributed by atoms with van der Waals surface area (Å²) in [4.78, 5) is 74.9. The van der Waals surface area contributed by atoms with Crippen molar-refractivity contribution in [1.82, 2.24) is 45.4 Å². The number of hydrogen-bond donors (Lipinski definition) is 11. The number of methoxy groups -OCH3 is 1. The van der Waals surface area contributed by atoms with Crippen molar-refractivity contribution in [2.75, 3.05) is 53.2 Å². The van der Waals surface area contributed by atoms with Gasteiger partial charge in [-0.25, -0.2) is 67.5 Å². The third-order valence-electron chi connectivity index (χ3n) is 26.9. The fourth-order valence-corrected chi connectivity index (χ4v) is 18.3. The van der Waals surface area contributed by atoms with Crippen LogP contribution in [0.5, 0.6) is 5.75 Å². The van der Waals surface area contributed by atoms with Crippen molar-refractivity contribution in [3.63, 3.8) is 0 Å². The largest absolute Gasteiger partial charge is 1.00 e. The van der Waals surface area contributed by atoms with Crippen LogP contribution in [0.25, 0.3) is 72.7 Å². The van der Waals surface area contributed by atoms with Gasteiger partial charge in [-0.2, -0.15) is 0 Å². The van der Waals surface area contributed by atoms with E-state index in [4.69, 9.17) is 26.8 Å². The number of hydrogen-bond acceptors (Lipinski definition) is 15. The van der Waals surface area contributed by atoms with Crippen LogP contribution in [0.1, 0.15) is 205 Å². The summed E-state index contributed by atoms with van der Waals surface area (Å²) in [5.41, 5.74) is 11.4. The van der Waals surface area contributed by atoms with Crippen molar-refractivity contribution in [3.8, 4) is 5.75 Å². The van der Waals surface area contributed by atoms with Gasteiger partial charge in [0, 0.05) is 208 Å². The van der Waals surface area contributed by atoms with Gasteiger partial charge in [-0.3, -0.25) is 18.5 Å². The summed E-state index contributed by atoms with van der Waals surface area (Å²) in [6, 6.07) is 45.6. The number of carboxylic acids is 2. The number of benzene rings is 8. The topological polar surface area (TPSA) is 354 Å². The fourth-order valence-electron chi connectivity index (χ4n) is 18.3. The molecule has 8 heterocycles. The van der Waals surface area contributed by atoms with Crippen LogP contribution < -0.4 is 43.9 Å². The Morgan fingerprint density at radius 2 is 0.853 bits per heavy atom. The van der Waals surface area contributed by atoms with Crippen molar-refractivity contribution in [2.24, 2.45) is 9.67 Å². The second kappa shape index (κ2) is 53.9. The Bertz CT molecular complexity index is 6800. The molecule has 3 radical (unpaired) electrons. The monoisotopic (exact) mass is 2190 g/mol. The van der Waals surface area contributed by atoms with Crippen LogP contribution in [0.15, 0.2) is 195 Å². The van der Waals surface area contributed by atoms with E-state index in [-0.39, 0.29) is 124 Å². The normalized spacial score (nSPS) is 18.7. The Balaban J connectivity index is 0.000000183. The van der Waals surface area contributed by atoms with Crippen molar-refractivity contribution >= 4 is 134 Å². The van der Waals surface area contributed by atoms with Gasteiger partial charge in [0.1, 0.15) is 41.7 Å². The number of fused-ring (bicyclic) bond motifs is 9. The van der Waals surface area contributed by atoms with Gasteiger partial charge in [-0.1, -0.05) is 91.0 Å². The average molecular weight is 2190 g/mol. The second-order valence-corrected chi connectivity index (χ2v) is 38.9. The molecule has 5 saturated carbocycles. The van der Waals surface area contributed by atoms with E-state index in [1.165, 1.54) is 77.2 Å². The molecule has 13 aromatic rings. The number of esters is 2. The molecular weight excluding hydrogens is 2060 g/mol. The molecular formula is C113H128BF11ILiN11O12. The first-order valence-corrected chi connectivity index (χ1v) is 50.6. The Labute approximate surface area is 893 Å². The zero-order chi connectivity index (χ0) is 107. The molecule has 5 aromatic heterocycles. The molecule has 23 nitrogen and oxygen atoms in total. The van der Waals surface area contributed by atoms with E-state index in [1.54, 1.807) is 36.7 Å². The SMILES string of the molecule is C1CCOC1.CCOC(=O)/C=C/c1cc(F)c(OC)c(F)c1.CCOC(=O)/C=C/c1cc(F)c([C@@H]2c3[nH]c4ccccc4c3C[C@@H](C)N2CC2(F)CC2)c(F)c1.C[C@@H](N)Cc1c[nH]c2ccccc12.C[C@@H]1Cc2c([nH]c3ccccc23)[C@@H](c2c(F)cc(/C=C/C(=O)O)cc2F)N1CC1(F)CC1.C[C@H](Cc1c[nH]c2ccccc12)NC(=O)C1(F)CC1.C[C@H](Cc1c[nH]c2ccccc12)NCC1(F)CC1.O=C(O)C1(F)CC1.[3H]NI.[B].[Li+].[OH-]. The maximum absolute atomic E-state index is 15.5. The zero-order valence-electron chi connectivity index (χ0n) is 86.3. The van der Waals surface area contributed by atoms with Crippen molar-refractivity contribution in [1.29, 1.82) is 0 Å². The Kier molecular flexibility index (Phi) is 42.6. The number of ether oxygens (including phenoxy) is 4. The number of carbonyl (C=O) groups excluding carboxylic acids is 3. The first-order chi connectivity index (χ1) is 70.7. The molecule has 795 valence electrons. The number of rotatable bonds is 27. The van der Waals surface area contributed by atoms with Gasteiger partial charge in [0.15, 0.2) is 23.1 Å². The quantitative estimate of drug-likeness (QED) is 0.00569. The number of amides is 1. The van der Waals surface area contributed by atoms with Crippen LogP contribution in [0.3, 0.4) is 0 Å². The molecule has 8 aromatic carbocycles. The average Bonchev–Trinajstić information content (AvgIpc) is 1.57. The zero-order valence-corrected chi connectivity index (χ0v) is 87.5. The summed E-state index contributed by atoms with van der Waals surface area (Å²) < 4.78 is 184. The van der Waals surface area contributed by atoms with Gasteiger partial charge in [-0.15, -0.1) is 0 Å². The minimum Gasteiger partial charge on any atom is -0.870 e. The smallest absolute Gasteiger partial charge is 0.870 e. The van der Waals surface area contributed by atoms with Crippen LogP contribution >= 0.6 is 22.9 Å². The first kappa shape index (κ1) is 118. The number of H-pyrrole nitrogens is 5. The predicted octanol–water partition coefficient (Wildman–Crippen LogP) is 19.9. The van der Waals surface area contributed by atoms with Crippen LogP contribution in [0.4, 0.5) is 48.3 Å². The molecule has 0 bridgehead atoms. The summed E-state index contributed by atoms with van der Waals surface area (Å²) in [5.74, 6) is -9.26. The van der Waals surface area contributed by atoms with Crippen LogP contribution in [0.2, 0.25) is 1.41 Å². The first-order valence-electron chi connectivity index (χ1n) is 50.0. The van der Waals surface area contributed by atoms with Gasteiger partial charge in [0.2, 0.25) is 5.67 Å². The van der Waals surface area contributed by atoms with Gasteiger partial charge in [-0.05, 0) is 287 Å². The van der Waals surface area contributed by atoms with Gasteiger partial charge in [0.05, 0.1) is 32.4 Å². The van der Waals surface area contributed by atoms with Crippen LogP contribution in [0, 0.1) is 34.9 Å². The van der Waals surface area contributed by atoms with E-state index in [0.29, 0.717) is 81.8 Å². The van der Waals surface area contributed by atoms with Gasteiger partial charge >= 0.3 is 42.7 Å². The van der Waals surface area contributed by atoms with Crippen molar-refractivity contribution in [3.05, 3.63) is 296 Å². The number of carboxylic acid groups (broad SMARTS) is 2. The summed E-state index contributed by atoms with van der Waals surface area (Å²) in [6.07, 6.45) is 23.7. The van der Waals surface area contributed by atoms with Gasteiger partial charge in [0.25, 0.3) is 5.91 Å². The molecule has 8 aliphatic rings. The third kappa shape index (κ3) is 31.9. The van der Waals surface area contributed by atoms with Gasteiger partial charge < -0.3 is 75.9 Å². The Hall–Kier alpha value is -11.8. The molecule has 14 N–H and O–H groups in total. The molecule has 1 amide bonds. The van der Waals surface area contributed by atoms with Crippen molar-refractivity contribution in [2.45, 2.75) is 228 Å². The maximum Gasteiger partial charge on any atom is 1.00 e. The van der Waals surface area contributed by atoms with Crippen LogP contribution in [-0.2, 0) is 70.3 Å². The predicted molar refractivity (Wildman–Crippen MR) is 567 cm³/mol. The standard InChI is InChI=1S/C27H27F3N2O2.C25H23F3N2O2.C15H17FN2O.C15H19FN2.C12H12F2O3.C11H14N2.C4H5FO2.C4H8O.B.H2IN.Li.H2O/c1-3-34-23(33)9-8-17-13-20(28)24(21(29)14-17)26-25-19(18-6-4-5-7-22(18)31-25)12-16(2)32(26)15-27(30)10-11-27;1-14-10-17-16-4-2-3-5-20(16)29-23(17)24(30(14)13-25(28)8-9-25)22-18(26)11-15(12-19(22)27)6-7-21(31)32;1-10(18-14(19)15(16)6-7-15)8-11-9-17-13-5-3-2-4-12(11)13;1-11(18-10-15(16)6-7-15)8-12-9-17-14-5-3-2-4-13(12)14;1-3-17-11(15)5-4-8-6-9(13)12(16-2)10(14)7-8;1-8(12)6-9-7-13-11-5-3-2-4-10(9)11;5-4(1-2-4)3(6)7;1-2-4-5-3-1;;1-2;;/h4-9,13-14,16,26,31H,3,10-12,15H2,1-2H3;2-7,11-12,14,24,29H,8-10,13H2,1H3,(H,31,32);2-5,9-10,17H,6-8H2,1H3,(H,18,19);2-5,9,11,17-18H,6-8,10H2,1H3;4-7H,3H2,1-2H3;2-5,7-8,13H,6,12H2,1H3;1-2H2,(H,6,7);1-4H2;;2H2;;1H2/q;;;;;;;;;;+1;/p-1/b9-8+;7-6+;;;5-4+;;;;;;;/t16-,26-;14-,24-;10-;11-;;8-;;;;;;/m1111.1....../s1/i/hT. The number of aromatic amines is 5. The van der Waals surface area contributed by atoms with E-state index in [2.05, 4.69) is 94.5 Å². The molecule has 0 unspecified atom stereocenters. The molecule has 1 saturated heterocycles. The number of nitrogens with one attached hydrogen (secondary N) is 7. The maximum atomic E-state index is 15.5. The molecule has 21 rings (SSSR count). The minimum absolute atomic E-state index is 0. The molecule has 3 aliphatic heterocycles. The van der Waals surface area contributed by atoms with Crippen molar-refractivity contribution < 1.29 is 127 Å². The summed E-state index contributed by atoms with van der Waals surface area (Å²) in [5, 5.41) is 28.5. The number of halogens is 12. The summed E-state index contributed by atoms with van der Waals surface area (Å²) in [7, 11) is 1.18. The second-order valence-electron chi connectivity index (χ2n) is 38.9. The number of para-hydroxylation sites is 5. The summed E-state index contributed by atoms with van der Waals surface area (Å²) in [6.45, 7) is 16.5. The minimum atomic E-state index is -1.83. The number of aromatic nitrogens is 5. The van der Waals surface area contributed by atoms with E-state index in [0.717, 1.165) is 137 Å². The Morgan fingerprint density at radius 3 is 1.17 bits per heavy atom. The number of alkyl halides is 5. The molecule has 6 fully saturated rings. The number of aliphatic carboxylic acids is 2. The number of carbonyl (C=O) groups is 5. The van der Waals surface area contributed by atoms with E-state index in [1.807, 2.05) is 139 Å². The van der Waals surface area contributed by atoms with E-state index >= 15 is 17.6 Å². The number of nitrogens with zero attached hydrogens (tertiary/aromatic N) is 2. The molecule has 7 atom stereocenters. The van der Waals surface area contributed by atoms with E-state index in [9.17, 15) is 54.7 Å².